The van der Waals surface area contributed by atoms with Crippen LogP contribution in [-0.4, -0.2) is 41.7 Å². The number of amides is 2. The highest BCUT2D eigenvalue weighted by molar-refractivity contribution is 7.98. The highest BCUT2D eigenvalue weighted by atomic mass is 32.2. The molecule has 100 valence electrons. The Morgan fingerprint density at radius 2 is 2.06 bits per heavy atom. The molecule has 0 aromatic carbocycles. The van der Waals surface area contributed by atoms with E-state index in [4.69, 9.17) is 5.11 Å². The largest absolute Gasteiger partial charge is 0.481 e. The number of unbranched alkanes of at least 4 members (excludes halogenated alkanes) is 1. The van der Waals surface area contributed by atoms with E-state index in [9.17, 15) is 9.59 Å². The monoisotopic (exact) mass is 262 g/mol. The van der Waals surface area contributed by atoms with Crippen LogP contribution in [0.5, 0.6) is 0 Å². The molecule has 0 fully saturated rings. The van der Waals surface area contributed by atoms with Gasteiger partial charge in [-0.2, -0.15) is 11.8 Å². The highest BCUT2D eigenvalue weighted by Crippen LogP contribution is 1.98. The van der Waals surface area contributed by atoms with Crippen molar-refractivity contribution in [2.75, 3.05) is 18.6 Å². The molecule has 5 nitrogen and oxygen atoms in total. The molecule has 0 aliphatic rings. The molecular weight excluding hydrogens is 240 g/mol. The Hall–Kier alpha value is -0.910. The molecule has 3 N–H and O–H groups in total. The van der Waals surface area contributed by atoms with Crippen molar-refractivity contribution in [3.05, 3.63) is 0 Å². The Bertz CT molecular complexity index is 237. The second kappa shape index (κ2) is 10.3. The van der Waals surface area contributed by atoms with Gasteiger partial charge in [-0.15, -0.1) is 0 Å². The summed E-state index contributed by atoms with van der Waals surface area (Å²) in [5, 5.41) is 14.0. The Morgan fingerprint density at radius 1 is 1.35 bits per heavy atom. The summed E-state index contributed by atoms with van der Waals surface area (Å²) in [5.41, 5.74) is 0. The number of carboxylic acids is 1. The van der Waals surface area contributed by atoms with Crippen molar-refractivity contribution in [3.8, 4) is 0 Å². The van der Waals surface area contributed by atoms with E-state index in [2.05, 4.69) is 16.9 Å². The highest BCUT2D eigenvalue weighted by Gasteiger charge is 2.08. The fourth-order valence-corrected chi connectivity index (χ4v) is 1.75. The zero-order valence-corrected chi connectivity index (χ0v) is 11.3. The van der Waals surface area contributed by atoms with Gasteiger partial charge in [0.15, 0.2) is 0 Å². The number of urea groups is 1. The van der Waals surface area contributed by atoms with E-state index in [-0.39, 0.29) is 18.5 Å². The number of hydrogen-bond acceptors (Lipinski definition) is 3. The van der Waals surface area contributed by atoms with Gasteiger partial charge in [0.25, 0.3) is 0 Å². The van der Waals surface area contributed by atoms with Crippen molar-refractivity contribution < 1.29 is 14.7 Å². The lowest BCUT2D eigenvalue weighted by Crippen LogP contribution is -2.41. The van der Waals surface area contributed by atoms with Gasteiger partial charge in [-0.25, -0.2) is 4.79 Å². The van der Waals surface area contributed by atoms with Crippen LogP contribution in [-0.2, 0) is 4.79 Å². The van der Waals surface area contributed by atoms with Crippen LogP contribution in [0.1, 0.15) is 32.6 Å². The van der Waals surface area contributed by atoms with Crippen molar-refractivity contribution in [2.45, 2.75) is 38.6 Å². The first-order chi connectivity index (χ1) is 8.06. The molecule has 0 spiro atoms. The summed E-state index contributed by atoms with van der Waals surface area (Å²) in [6.45, 7) is 2.47. The van der Waals surface area contributed by atoms with Gasteiger partial charge in [-0.3, -0.25) is 4.79 Å². The van der Waals surface area contributed by atoms with Crippen LogP contribution in [0.2, 0.25) is 0 Å². The summed E-state index contributed by atoms with van der Waals surface area (Å²) in [6.07, 6.45) is 4.66. The van der Waals surface area contributed by atoms with E-state index in [1.165, 1.54) is 0 Å². The van der Waals surface area contributed by atoms with Crippen molar-refractivity contribution in [1.82, 2.24) is 10.6 Å². The van der Waals surface area contributed by atoms with Gasteiger partial charge in [-0.1, -0.05) is 0 Å². The van der Waals surface area contributed by atoms with E-state index in [0.29, 0.717) is 13.0 Å². The lowest BCUT2D eigenvalue weighted by atomic mass is 10.2. The summed E-state index contributed by atoms with van der Waals surface area (Å²) in [5.74, 6) is 0.273. The number of carbonyl (C=O) groups is 2. The van der Waals surface area contributed by atoms with Crippen LogP contribution >= 0.6 is 11.8 Å². The Balaban J connectivity index is 3.47. The van der Waals surface area contributed by atoms with Crippen molar-refractivity contribution in [3.63, 3.8) is 0 Å². The maximum atomic E-state index is 11.4. The molecule has 0 aliphatic carbocycles. The van der Waals surface area contributed by atoms with Crippen molar-refractivity contribution in [2.24, 2.45) is 0 Å². The number of nitrogens with one attached hydrogen (secondary N) is 2. The molecule has 1 atom stereocenters. The van der Waals surface area contributed by atoms with E-state index in [0.717, 1.165) is 18.6 Å². The third-order valence-electron chi connectivity index (χ3n) is 2.23. The van der Waals surface area contributed by atoms with Crippen molar-refractivity contribution >= 4 is 23.8 Å². The first kappa shape index (κ1) is 16.1. The first-order valence-electron chi connectivity index (χ1n) is 5.81. The fourth-order valence-electron chi connectivity index (χ4n) is 1.26. The Morgan fingerprint density at radius 3 is 2.65 bits per heavy atom. The molecule has 0 aliphatic heterocycles. The van der Waals surface area contributed by atoms with Crippen molar-refractivity contribution in [1.29, 1.82) is 0 Å². The average Bonchev–Trinajstić information content (AvgIpc) is 2.26. The summed E-state index contributed by atoms with van der Waals surface area (Å²) in [7, 11) is 0. The summed E-state index contributed by atoms with van der Waals surface area (Å²) >= 11 is 1.80. The number of aliphatic carboxylic acids is 1. The van der Waals surface area contributed by atoms with Crippen LogP contribution in [0.25, 0.3) is 0 Å². The molecule has 0 saturated heterocycles. The van der Waals surface area contributed by atoms with Gasteiger partial charge in [0.1, 0.15) is 0 Å². The smallest absolute Gasteiger partial charge is 0.314 e. The van der Waals surface area contributed by atoms with Crippen LogP contribution in [0, 0.1) is 0 Å². The molecule has 1 unspecified atom stereocenters. The van der Waals surface area contributed by atoms with Gasteiger partial charge in [0, 0.05) is 19.0 Å². The van der Waals surface area contributed by atoms with Gasteiger partial charge >= 0.3 is 12.0 Å². The minimum atomic E-state index is -0.837. The molecule has 0 rings (SSSR count). The molecule has 6 heteroatoms. The van der Waals surface area contributed by atoms with E-state index in [1.54, 1.807) is 18.7 Å². The third-order valence-corrected chi connectivity index (χ3v) is 2.93. The summed E-state index contributed by atoms with van der Waals surface area (Å²) in [4.78, 5) is 21.7. The molecule has 0 saturated carbocycles. The molecule has 17 heavy (non-hydrogen) atoms. The van der Waals surface area contributed by atoms with Gasteiger partial charge in [0.05, 0.1) is 0 Å². The fraction of sp³-hybridized carbons (Fsp3) is 0.818. The predicted molar refractivity (Wildman–Crippen MR) is 70.5 cm³/mol. The quantitative estimate of drug-likeness (QED) is 0.552. The number of rotatable bonds is 9. The summed E-state index contributed by atoms with van der Waals surface area (Å²) < 4.78 is 0. The van der Waals surface area contributed by atoms with Crippen LogP contribution in [0.15, 0.2) is 0 Å². The molecule has 0 heterocycles. The topological polar surface area (TPSA) is 78.4 Å². The second-order valence-corrected chi connectivity index (χ2v) is 4.92. The summed E-state index contributed by atoms with van der Waals surface area (Å²) in [6, 6.07) is -0.329. The lowest BCUT2D eigenvalue weighted by molar-refractivity contribution is -0.137. The predicted octanol–water partition coefficient (Wildman–Crippen LogP) is 1.68. The van der Waals surface area contributed by atoms with Gasteiger partial charge < -0.3 is 15.7 Å². The average molecular weight is 262 g/mol. The third kappa shape index (κ3) is 11.4. The normalized spacial score (nSPS) is 11.9. The molecule has 0 bridgehead atoms. The molecule has 0 aromatic heterocycles. The Labute approximate surface area is 107 Å². The van der Waals surface area contributed by atoms with Gasteiger partial charge in [0.2, 0.25) is 0 Å². The zero-order chi connectivity index (χ0) is 13.1. The minimum Gasteiger partial charge on any atom is -0.481 e. The van der Waals surface area contributed by atoms with Crippen LogP contribution in [0.4, 0.5) is 4.79 Å². The minimum absolute atomic E-state index is 0.0785. The molecule has 0 radical (unpaired) electrons. The maximum Gasteiger partial charge on any atom is 0.314 e. The number of carbonyl (C=O) groups excluding carboxylic acids is 1. The van der Waals surface area contributed by atoms with Gasteiger partial charge in [-0.05, 0) is 38.2 Å². The number of thioether (sulfide) groups is 1. The molecule has 0 aromatic rings. The maximum absolute atomic E-state index is 11.4. The molecular formula is C11H22N2O3S. The molecule has 2 amide bonds. The van der Waals surface area contributed by atoms with E-state index in [1.807, 2.05) is 0 Å². The number of carboxylic acid groups (broad SMARTS) is 1. The number of hydrogen-bond donors (Lipinski definition) is 3. The second-order valence-electron chi connectivity index (χ2n) is 3.93. The first-order valence-corrected chi connectivity index (χ1v) is 7.20. The van der Waals surface area contributed by atoms with E-state index >= 15 is 0 Å². The van der Waals surface area contributed by atoms with Crippen LogP contribution in [0.3, 0.4) is 0 Å². The lowest BCUT2D eigenvalue weighted by Gasteiger charge is -2.13. The van der Waals surface area contributed by atoms with Crippen LogP contribution < -0.4 is 10.6 Å². The SMILES string of the molecule is CSCCCCNC(=O)NC(C)CCC(=O)O. The Kier molecular flexibility index (Phi) is 9.71. The standard InChI is InChI=1S/C11H22N2O3S/c1-9(5-6-10(14)15)13-11(16)12-7-3-4-8-17-2/h9H,3-8H2,1-2H3,(H,14,15)(H2,12,13,16). The van der Waals surface area contributed by atoms with E-state index < -0.39 is 5.97 Å². The zero-order valence-electron chi connectivity index (χ0n) is 10.5.